The van der Waals surface area contributed by atoms with Crippen LogP contribution in [0.25, 0.3) is 84.6 Å². The third kappa shape index (κ3) is 6.14. The van der Waals surface area contributed by atoms with Crippen LogP contribution in [-0.4, -0.2) is 15.0 Å². The lowest BCUT2D eigenvalue weighted by Gasteiger charge is -2.34. The number of benzene rings is 8. The van der Waals surface area contributed by atoms with E-state index in [2.05, 4.69) is 181 Å². The van der Waals surface area contributed by atoms with Gasteiger partial charge >= 0.3 is 0 Å². The number of para-hydroxylation sites is 1. The van der Waals surface area contributed by atoms with Gasteiger partial charge in [-0.3, -0.25) is 0 Å². The molecule has 12 rings (SSSR count). The van der Waals surface area contributed by atoms with Crippen LogP contribution in [0.5, 0.6) is 0 Å². The second kappa shape index (κ2) is 14.0. The summed E-state index contributed by atoms with van der Waals surface area (Å²) in [4.78, 5) is 17.6. The first-order valence-electron chi connectivity index (χ1n) is 19.6. The fourth-order valence-electron chi connectivity index (χ4n) is 8.23. The summed E-state index contributed by atoms with van der Waals surface area (Å²) in [7, 11) is 0. The summed E-state index contributed by atoms with van der Waals surface area (Å²) in [6.45, 7) is 0. The monoisotopic (exact) mass is 808 g/mol. The molecule has 0 amide bonds. The van der Waals surface area contributed by atoms with Crippen molar-refractivity contribution in [2.45, 2.75) is 6.42 Å². The minimum atomic E-state index is 0.804. The van der Waals surface area contributed by atoms with Gasteiger partial charge in [-0.1, -0.05) is 84.9 Å². The van der Waals surface area contributed by atoms with Crippen LogP contribution >= 0.6 is 34.0 Å². The molecule has 4 nitrogen and oxygen atoms in total. The van der Waals surface area contributed by atoms with Gasteiger partial charge in [-0.05, 0) is 130 Å². The van der Waals surface area contributed by atoms with Crippen LogP contribution in [-0.2, 0) is 6.42 Å². The van der Waals surface area contributed by atoms with Crippen molar-refractivity contribution in [2.75, 3.05) is 4.90 Å². The van der Waals surface area contributed by atoms with Gasteiger partial charge in [-0.25, -0.2) is 15.0 Å². The first-order chi connectivity index (χ1) is 29.2. The molecule has 0 bridgehead atoms. The van der Waals surface area contributed by atoms with Crippen LogP contribution in [0.2, 0.25) is 0 Å². The SMILES string of the molecule is c1ccc(-c2ccc3nc(-c4ccc5c(c4)Cc4cc(-c6nc7ccc(-c8ccccc8)cc7s6)ccc4N5c4ccc(-c5nc6ccccc6s5)cc4)sc3c2)cc1. The lowest BCUT2D eigenvalue weighted by Crippen LogP contribution is -2.18. The number of thiazole rings is 3. The average molecular weight is 809 g/mol. The summed E-state index contributed by atoms with van der Waals surface area (Å²) in [5.74, 6) is 0. The van der Waals surface area contributed by atoms with Gasteiger partial charge in [-0.15, -0.1) is 34.0 Å². The van der Waals surface area contributed by atoms with Crippen LogP contribution in [0.4, 0.5) is 17.1 Å². The predicted molar refractivity (Wildman–Crippen MR) is 251 cm³/mol. The van der Waals surface area contributed by atoms with E-state index in [-0.39, 0.29) is 0 Å². The van der Waals surface area contributed by atoms with Gasteiger partial charge < -0.3 is 4.90 Å². The van der Waals surface area contributed by atoms with E-state index >= 15 is 0 Å². The minimum Gasteiger partial charge on any atom is -0.310 e. The highest BCUT2D eigenvalue weighted by atomic mass is 32.1. The van der Waals surface area contributed by atoms with Gasteiger partial charge in [0.2, 0.25) is 0 Å². The van der Waals surface area contributed by atoms with E-state index in [1.165, 1.54) is 58.9 Å². The first kappa shape index (κ1) is 34.3. The summed E-state index contributed by atoms with van der Waals surface area (Å²) in [5, 5.41) is 3.09. The number of aromatic nitrogens is 3. The Bertz CT molecular complexity index is 3160. The molecule has 3 aromatic heterocycles. The fourth-order valence-corrected chi connectivity index (χ4v) is 11.2. The molecule has 0 atom stereocenters. The second-order valence-electron chi connectivity index (χ2n) is 14.9. The molecule has 4 heterocycles. The van der Waals surface area contributed by atoms with Gasteiger partial charge in [-0.2, -0.15) is 0 Å². The maximum absolute atomic E-state index is 5.14. The van der Waals surface area contributed by atoms with E-state index in [0.717, 1.165) is 60.4 Å². The molecule has 59 heavy (non-hydrogen) atoms. The van der Waals surface area contributed by atoms with Crippen molar-refractivity contribution in [2.24, 2.45) is 0 Å². The lowest BCUT2D eigenvalue weighted by atomic mass is 9.92. The van der Waals surface area contributed by atoms with Gasteiger partial charge in [0, 0.05) is 40.2 Å². The zero-order valence-corrected chi connectivity index (χ0v) is 34.0. The van der Waals surface area contributed by atoms with Gasteiger partial charge in [0.25, 0.3) is 0 Å². The van der Waals surface area contributed by atoms with Crippen molar-refractivity contribution in [1.29, 1.82) is 0 Å². The Labute approximate surface area is 353 Å². The molecule has 1 aliphatic rings. The van der Waals surface area contributed by atoms with E-state index in [9.17, 15) is 0 Å². The standard InChI is InChI=1S/C52H32N4S3/c1-3-9-32(10-4-1)35-17-23-43-48(30-35)58-51(54-43)37-19-25-45-39(27-37)29-40-28-38(52-55-44-24-18-36(31-49(44)59-52)33-11-5-2-6-12-33)20-26-46(40)56(45)41-21-15-34(16-22-41)50-53-42-13-7-8-14-47(42)57-50/h1-28,30-31H,29H2. The smallest absolute Gasteiger partial charge is 0.124 e. The third-order valence-electron chi connectivity index (χ3n) is 11.2. The van der Waals surface area contributed by atoms with Crippen LogP contribution in [0.1, 0.15) is 11.1 Å². The maximum atomic E-state index is 5.14. The molecular formula is C52H32N4S3. The van der Waals surface area contributed by atoms with E-state index in [4.69, 9.17) is 15.0 Å². The highest BCUT2D eigenvalue weighted by Gasteiger charge is 2.26. The van der Waals surface area contributed by atoms with E-state index in [1.54, 1.807) is 34.0 Å². The third-order valence-corrected chi connectivity index (χ3v) is 14.4. The van der Waals surface area contributed by atoms with E-state index in [0.29, 0.717) is 0 Å². The molecule has 1 aliphatic heterocycles. The highest BCUT2D eigenvalue weighted by Crippen LogP contribution is 2.47. The molecule has 7 heteroatoms. The Morgan fingerprint density at radius 2 is 0.780 bits per heavy atom. The van der Waals surface area contributed by atoms with Crippen LogP contribution in [0.15, 0.2) is 182 Å². The fraction of sp³-hybridized carbons (Fsp3) is 0.0192. The topological polar surface area (TPSA) is 41.9 Å². The molecule has 11 aromatic rings. The Kier molecular flexibility index (Phi) is 8.11. The Morgan fingerprint density at radius 3 is 1.32 bits per heavy atom. The lowest BCUT2D eigenvalue weighted by molar-refractivity contribution is 1.09. The summed E-state index contributed by atoms with van der Waals surface area (Å²) in [5.41, 5.74) is 17.3. The molecule has 0 aliphatic carbocycles. The molecule has 278 valence electrons. The van der Waals surface area contributed by atoms with E-state index in [1.807, 2.05) is 6.07 Å². The number of rotatable bonds is 6. The Hall–Kier alpha value is -6.77. The first-order valence-corrected chi connectivity index (χ1v) is 22.1. The number of hydrogen-bond donors (Lipinski definition) is 0. The summed E-state index contributed by atoms with van der Waals surface area (Å²) >= 11 is 5.25. The maximum Gasteiger partial charge on any atom is 0.124 e. The number of hydrogen-bond acceptors (Lipinski definition) is 7. The molecule has 0 unspecified atom stereocenters. The largest absolute Gasteiger partial charge is 0.310 e. The van der Waals surface area contributed by atoms with Crippen molar-refractivity contribution < 1.29 is 0 Å². The van der Waals surface area contributed by atoms with Crippen molar-refractivity contribution in [3.05, 3.63) is 193 Å². The quantitative estimate of drug-likeness (QED) is 0.168. The molecule has 8 aromatic carbocycles. The number of anilines is 3. The van der Waals surface area contributed by atoms with Crippen LogP contribution in [0, 0.1) is 0 Å². The molecule has 0 spiro atoms. The number of fused-ring (bicyclic) bond motifs is 5. The zero-order chi connectivity index (χ0) is 38.9. The Balaban J connectivity index is 0.941. The Morgan fingerprint density at radius 1 is 0.339 bits per heavy atom. The minimum absolute atomic E-state index is 0.804. The highest BCUT2D eigenvalue weighted by molar-refractivity contribution is 7.22. The predicted octanol–water partition coefficient (Wildman–Crippen LogP) is 15.2. The van der Waals surface area contributed by atoms with Crippen molar-refractivity contribution in [3.8, 4) is 54.0 Å². The molecule has 0 saturated carbocycles. The molecule has 0 fully saturated rings. The second-order valence-corrected chi connectivity index (χ2v) is 18.0. The molecule has 0 saturated heterocycles. The average Bonchev–Trinajstić information content (AvgIpc) is 4.05. The number of nitrogens with zero attached hydrogens (tertiary/aromatic N) is 4. The van der Waals surface area contributed by atoms with Gasteiger partial charge in [0.15, 0.2) is 0 Å². The van der Waals surface area contributed by atoms with Crippen molar-refractivity contribution in [3.63, 3.8) is 0 Å². The molecule has 0 N–H and O–H groups in total. The van der Waals surface area contributed by atoms with Gasteiger partial charge in [0.1, 0.15) is 15.0 Å². The van der Waals surface area contributed by atoms with Crippen LogP contribution < -0.4 is 4.90 Å². The summed E-state index contributed by atoms with van der Waals surface area (Å²) < 4.78 is 3.58. The zero-order valence-electron chi connectivity index (χ0n) is 31.5. The molecule has 0 radical (unpaired) electrons. The van der Waals surface area contributed by atoms with Crippen molar-refractivity contribution in [1.82, 2.24) is 15.0 Å². The summed E-state index contributed by atoms with van der Waals surface area (Å²) in [6.07, 6.45) is 0.804. The molecular weight excluding hydrogens is 777 g/mol. The van der Waals surface area contributed by atoms with Crippen LogP contribution in [0.3, 0.4) is 0 Å². The van der Waals surface area contributed by atoms with Crippen molar-refractivity contribution >= 4 is 81.7 Å². The normalized spacial score (nSPS) is 12.3. The van der Waals surface area contributed by atoms with E-state index < -0.39 is 0 Å². The van der Waals surface area contributed by atoms with Gasteiger partial charge in [0.05, 0.1) is 30.6 Å². The summed E-state index contributed by atoms with van der Waals surface area (Å²) in [6, 6.07) is 65.3.